The summed E-state index contributed by atoms with van der Waals surface area (Å²) in [6.07, 6.45) is 4.75. The zero-order chi connectivity index (χ0) is 11.1. The van der Waals surface area contributed by atoms with Crippen LogP contribution in [0.15, 0.2) is 18.2 Å². The first-order chi connectivity index (χ1) is 7.78. The van der Waals surface area contributed by atoms with Crippen molar-refractivity contribution in [1.82, 2.24) is 5.32 Å². The van der Waals surface area contributed by atoms with Gasteiger partial charge < -0.3 is 5.32 Å². The molecule has 1 nitrogen and oxygen atoms in total. The average Bonchev–Trinajstić information content (AvgIpc) is 2.92. The van der Waals surface area contributed by atoms with Crippen LogP contribution in [0.5, 0.6) is 0 Å². The maximum atomic E-state index is 13.1. The molecule has 2 aliphatic carbocycles. The molecule has 0 spiro atoms. The molecule has 0 amide bonds. The Bertz CT molecular complexity index is 402. The molecular formula is C14H18FN. The van der Waals surface area contributed by atoms with Crippen LogP contribution < -0.4 is 5.32 Å². The van der Waals surface area contributed by atoms with Crippen molar-refractivity contribution in [2.24, 2.45) is 5.92 Å². The van der Waals surface area contributed by atoms with Crippen LogP contribution >= 0.6 is 0 Å². The molecule has 0 aliphatic heterocycles. The van der Waals surface area contributed by atoms with E-state index in [2.05, 4.69) is 12.2 Å². The van der Waals surface area contributed by atoms with E-state index in [0.29, 0.717) is 12.1 Å². The minimum Gasteiger partial charge on any atom is -0.307 e. The molecule has 2 aliphatic rings. The molecule has 3 rings (SSSR count). The zero-order valence-electron chi connectivity index (χ0n) is 9.67. The number of fused-ring (bicyclic) bond motifs is 1. The smallest absolute Gasteiger partial charge is 0.123 e. The topological polar surface area (TPSA) is 12.0 Å². The van der Waals surface area contributed by atoms with Gasteiger partial charge in [-0.1, -0.05) is 19.4 Å². The van der Waals surface area contributed by atoms with Crippen LogP contribution in [0, 0.1) is 11.7 Å². The zero-order valence-corrected chi connectivity index (χ0v) is 9.67. The fourth-order valence-electron chi connectivity index (χ4n) is 2.92. The maximum absolute atomic E-state index is 13.1. The Morgan fingerprint density at radius 1 is 1.44 bits per heavy atom. The first kappa shape index (κ1) is 10.3. The van der Waals surface area contributed by atoms with Crippen molar-refractivity contribution < 1.29 is 4.39 Å². The fourth-order valence-corrected chi connectivity index (χ4v) is 2.92. The summed E-state index contributed by atoms with van der Waals surface area (Å²) in [5, 5.41) is 3.71. The minimum absolute atomic E-state index is 0.0998. The summed E-state index contributed by atoms with van der Waals surface area (Å²) in [7, 11) is 0. The quantitative estimate of drug-likeness (QED) is 0.823. The Balaban J connectivity index is 1.72. The van der Waals surface area contributed by atoms with Gasteiger partial charge in [-0.25, -0.2) is 4.39 Å². The maximum Gasteiger partial charge on any atom is 0.123 e. The van der Waals surface area contributed by atoms with Crippen LogP contribution in [0.25, 0.3) is 0 Å². The predicted molar refractivity (Wildman–Crippen MR) is 62.8 cm³/mol. The Labute approximate surface area is 96.1 Å². The first-order valence-electron chi connectivity index (χ1n) is 6.32. The molecular weight excluding hydrogens is 201 g/mol. The molecule has 1 N–H and O–H groups in total. The van der Waals surface area contributed by atoms with Gasteiger partial charge in [0.25, 0.3) is 0 Å². The van der Waals surface area contributed by atoms with E-state index in [0.717, 1.165) is 18.8 Å². The van der Waals surface area contributed by atoms with E-state index in [-0.39, 0.29) is 5.82 Å². The predicted octanol–water partition coefficient (Wildman–Crippen LogP) is 3.20. The Kier molecular flexibility index (Phi) is 2.47. The van der Waals surface area contributed by atoms with Gasteiger partial charge in [0.15, 0.2) is 0 Å². The molecule has 1 aromatic rings. The standard InChI is InChI=1S/C14H18FN/c1-2-9-8-14(9)16-13-6-3-10-7-11(15)4-5-12(10)13/h4-5,7,9,13-14,16H,2-3,6,8H2,1H3. The van der Waals surface area contributed by atoms with Crippen LogP contribution in [0.1, 0.15) is 43.4 Å². The lowest BCUT2D eigenvalue weighted by molar-refractivity contribution is 0.504. The molecule has 16 heavy (non-hydrogen) atoms. The van der Waals surface area contributed by atoms with Crippen molar-refractivity contribution in [2.75, 3.05) is 0 Å². The van der Waals surface area contributed by atoms with Gasteiger partial charge >= 0.3 is 0 Å². The first-order valence-corrected chi connectivity index (χ1v) is 6.32. The van der Waals surface area contributed by atoms with E-state index in [1.54, 1.807) is 12.1 Å². The summed E-state index contributed by atoms with van der Waals surface area (Å²) < 4.78 is 13.1. The van der Waals surface area contributed by atoms with Crippen molar-refractivity contribution >= 4 is 0 Å². The molecule has 1 saturated carbocycles. The number of rotatable bonds is 3. The second-order valence-electron chi connectivity index (χ2n) is 5.11. The van der Waals surface area contributed by atoms with Gasteiger partial charge in [-0.3, -0.25) is 0 Å². The molecule has 0 bridgehead atoms. The monoisotopic (exact) mass is 219 g/mol. The van der Waals surface area contributed by atoms with E-state index in [4.69, 9.17) is 0 Å². The van der Waals surface area contributed by atoms with E-state index in [9.17, 15) is 4.39 Å². The van der Waals surface area contributed by atoms with Crippen molar-refractivity contribution in [3.8, 4) is 0 Å². The van der Waals surface area contributed by atoms with Gasteiger partial charge in [-0.05, 0) is 48.4 Å². The molecule has 0 radical (unpaired) electrons. The lowest BCUT2D eigenvalue weighted by atomic mass is 10.1. The van der Waals surface area contributed by atoms with Crippen LogP contribution in [-0.4, -0.2) is 6.04 Å². The molecule has 0 heterocycles. The number of aryl methyl sites for hydroxylation is 1. The lowest BCUT2D eigenvalue weighted by Crippen LogP contribution is -2.22. The average molecular weight is 219 g/mol. The third kappa shape index (κ3) is 1.75. The molecule has 3 atom stereocenters. The Morgan fingerprint density at radius 2 is 2.31 bits per heavy atom. The van der Waals surface area contributed by atoms with E-state index >= 15 is 0 Å². The number of hydrogen-bond donors (Lipinski definition) is 1. The van der Waals surface area contributed by atoms with Crippen LogP contribution in [0.2, 0.25) is 0 Å². The second-order valence-corrected chi connectivity index (χ2v) is 5.11. The molecule has 3 unspecified atom stereocenters. The normalized spacial score (nSPS) is 31.5. The van der Waals surface area contributed by atoms with E-state index < -0.39 is 0 Å². The van der Waals surface area contributed by atoms with Gasteiger partial charge in [0.05, 0.1) is 0 Å². The number of nitrogens with one attached hydrogen (secondary N) is 1. The Hall–Kier alpha value is -0.890. The summed E-state index contributed by atoms with van der Waals surface area (Å²) in [6.45, 7) is 2.25. The van der Waals surface area contributed by atoms with Crippen molar-refractivity contribution in [3.05, 3.63) is 35.1 Å². The van der Waals surface area contributed by atoms with Gasteiger partial charge in [0.2, 0.25) is 0 Å². The fraction of sp³-hybridized carbons (Fsp3) is 0.571. The highest BCUT2D eigenvalue weighted by Crippen LogP contribution is 2.39. The third-order valence-corrected chi connectivity index (χ3v) is 4.05. The van der Waals surface area contributed by atoms with E-state index in [1.165, 1.54) is 24.0 Å². The van der Waals surface area contributed by atoms with Gasteiger partial charge in [0, 0.05) is 12.1 Å². The minimum atomic E-state index is -0.0998. The van der Waals surface area contributed by atoms with Crippen molar-refractivity contribution in [3.63, 3.8) is 0 Å². The number of halogens is 1. The van der Waals surface area contributed by atoms with Gasteiger partial charge in [-0.2, -0.15) is 0 Å². The van der Waals surface area contributed by atoms with Crippen molar-refractivity contribution in [1.29, 1.82) is 0 Å². The van der Waals surface area contributed by atoms with Crippen molar-refractivity contribution in [2.45, 2.75) is 44.7 Å². The SMILES string of the molecule is CCC1CC1NC1CCc2cc(F)ccc21. The summed E-state index contributed by atoms with van der Waals surface area (Å²) in [5.41, 5.74) is 2.52. The van der Waals surface area contributed by atoms with E-state index in [1.807, 2.05) is 6.07 Å². The largest absolute Gasteiger partial charge is 0.307 e. The highest BCUT2D eigenvalue weighted by Gasteiger charge is 2.37. The van der Waals surface area contributed by atoms with Gasteiger partial charge in [-0.15, -0.1) is 0 Å². The molecule has 2 heteroatoms. The van der Waals surface area contributed by atoms with Crippen LogP contribution in [-0.2, 0) is 6.42 Å². The second kappa shape index (κ2) is 3.85. The summed E-state index contributed by atoms with van der Waals surface area (Å²) >= 11 is 0. The third-order valence-electron chi connectivity index (χ3n) is 4.05. The summed E-state index contributed by atoms with van der Waals surface area (Å²) in [4.78, 5) is 0. The molecule has 0 aromatic heterocycles. The lowest BCUT2D eigenvalue weighted by Gasteiger charge is -2.13. The summed E-state index contributed by atoms with van der Waals surface area (Å²) in [5.74, 6) is 0.779. The number of hydrogen-bond acceptors (Lipinski definition) is 1. The number of benzene rings is 1. The molecule has 1 aromatic carbocycles. The van der Waals surface area contributed by atoms with Crippen LogP contribution in [0.4, 0.5) is 4.39 Å². The van der Waals surface area contributed by atoms with Gasteiger partial charge in [0.1, 0.15) is 5.82 Å². The highest BCUT2D eigenvalue weighted by atomic mass is 19.1. The molecule has 86 valence electrons. The Morgan fingerprint density at radius 3 is 3.06 bits per heavy atom. The molecule has 0 saturated heterocycles. The molecule has 1 fully saturated rings. The highest BCUT2D eigenvalue weighted by molar-refractivity contribution is 5.35. The summed E-state index contributed by atoms with van der Waals surface area (Å²) in [6, 6.07) is 6.42. The van der Waals surface area contributed by atoms with Crippen LogP contribution in [0.3, 0.4) is 0 Å².